The summed E-state index contributed by atoms with van der Waals surface area (Å²) in [6, 6.07) is 19.3. The molecule has 1 aliphatic rings. The molecule has 296 valence electrons. The Hall–Kier alpha value is -4.58. The average Bonchev–Trinajstić information content (AvgIpc) is 3.45. The molecule has 1 heterocycles. The highest BCUT2D eigenvalue weighted by molar-refractivity contribution is 6.36. The largest absolute Gasteiger partial charge is 0.573 e. The third kappa shape index (κ3) is 16.4. The van der Waals surface area contributed by atoms with Crippen molar-refractivity contribution < 1.29 is 55.2 Å². The van der Waals surface area contributed by atoms with Crippen LogP contribution < -0.4 is 25.8 Å². The molecule has 55 heavy (non-hydrogen) atoms. The van der Waals surface area contributed by atoms with E-state index in [0.717, 1.165) is 23.2 Å². The lowest BCUT2D eigenvalue weighted by Gasteiger charge is -2.13. The molecular formula is C34H27Cl5F6N4O6. The van der Waals surface area contributed by atoms with E-state index in [1.165, 1.54) is 54.6 Å². The molecule has 1 aliphatic heterocycles. The quantitative estimate of drug-likeness (QED) is 0.0398. The second kappa shape index (κ2) is 20.9. The first-order chi connectivity index (χ1) is 25.2. The Kier molecular flexibility index (Phi) is 17.7. The number of alkyl halides is 6. The Bertz CT molecular complexity index is 1940. The van der Waals surface area contributed by atoms with E-state index in [1.807, 2.05) is 0 Å². The fourth-order valence-corrected chi connectivity index (χ4v) is 5.19. The number of hydrazine groups is 1. The van der Waals surface area contributed by atoms with E-state index in [-0.39, 0.29) is 48.6 Å². The molecule has 0 atom stereocenters. The molecular weight excluding hydrogens is 852 g/mol. The molecule has 21 heteroatoms. The molecule has 1 amide bonds. The lowest BCUT2D eigenvalue weighted by molar-refractivity contribution is -0.275. The van der Waals surface area contributed by atoms with Crippen LogP contribution in [0.2, 0.25) is 20.1 Å². The van der Waals surface area contributed by atoms with Crippen LogP contribution in [0.1, 0.15) is 24.5 Å². The second-order valence-corrected chi connectivity index (χ2v) is 12.0. The molecule has 0 aliphatic carbocycles. The molecule has 0 radical (unpaired) electrons. The standard InChI is InChI=1S/C16H9Cl2F3N2O2.C11H10Cl2O3.C7H7F3N2O.ClH/c17-10-5-9(6-11(18)7-10)14-8-15(24)23(22-14)12-1-3-13(4-2-12)25-16(19,20)21;1-2-16-11(15)6-10(14)7-3-8(12)5-9(13)4-7;8-7(9,10)13-6-3-1-5(12-11)2-4-6;/h1-7H,8H2;3-6,14H,2H2,1H3;1-4,12H,11H2;1H/b;10-6-;;. The summed E-state index contributed by atoms with van der Waals surface area (Å²) in [7, 11) is 0. The number of hydrogen-bond acceptors (Lipinski definition) is 9. The third-order valence-corrected chi connectivity index (χ3v) is 7.11. The van der Waals surface area contributed by atoms with Crippen LogP contribution >= 0.6 is 58.8 Å². The van der Waals surface area contributed by atoms with Gasteiger partial charge >= 0.3 is 18.7 Å². The molecule has 0 spiro atoms. The lowest BCUT2D eigenvalue weighted by Crippen LogP contribution is -2.20. The van der Waals surface area contributed by atoms with E-state index in [2.05, 4.69) is 24.7 Å². The van der Waals surface area contributed by atoms with Crippen molar-refractivity contribution in [2.75, 3.05) is 17.0 Å². The Morgan fingerprint density at radius 1 is 0.836 bits per heavy atom. The SMILES string of the molecule is CCOC(=O)/C=C(\O)c1cc(Cl)cc(Cl)c1.Cl.NNc1ccc(OC(F)(F)F)cc1.O=C1CC(c2cc(Cl)cc(Cl)c2)=NN1c1ccc(OC(F)(F)F)cc1. The summed E-state index contributed by atoms with van der Waals surface area (Å²) in [5, 5.41) is 16.5. The molecule has 0 bridgehead atoms. The minimum atomic E-state index is -4.78. The van der Waals surface area contributed by atoms with Gasteiger partial charge < -0.3 is 24.7 Å². The van der Waals surface area contributed by atoms with Crippen LogP contribution in [0.25, 0.3) is 5.76 Å². The van der Waals surface area contributed by atoms with Crippen molar-refractivity contribution in [3.05, 3.63) is 122 Å². The zero-order valence-electron chi connectivity index (χ0n) is 27.7. The summed E-state index contributed by atoms with van der Waals surface area (Å²) >= 11 is 23.4. The molecule has 4 aromatic carbocycles. The molecule has 0 saturated heterocycles. The number of nitrogens with zero attached hydrogens (tertiary/aromatic N) is 2. The summed E-state index contributed by atoms with van der Waals surface area (Å²) in [5.41, 5.74) is 4.54. The van der Waals surface area contributed by atoms with Gasteiger partial charge in [0.1, 0.15) is 17.3 Å². The van der Waals surface area contributed by atoms with Gasteiger partial charge in [-0.05, 0) is 91.9 Å². The topological polar surface area (TPSA) is 136 Å². The number of carbonyl (C=O) groups is 2. The smallest absolute Gasteiger partial charge is 0.507 e. The fraction of sp³-hybridized carbons (Fsp3) is 0.147. The highest BCUT2D eigenvalue weighted by Crippen LogP contribution is 2.30. The van der Waals surface area contributed by atoms with Gasteiger partial charge in [0.25, 0.3) is 5.91 Å². The highest BCUT2D eigenvalue weighted by Gasteiger charge is 2.32. The van der Waals surface area contributed by atoms with Crippen LogP contribution in [-0.4, -0.2) is 42.0 Å². The minimum absolute atomic E-state index is 0. The number of anilines is 2. The number of aliphatic hydroxyl groups excluding tert-OH is 1. The second-order valence-electron chi connectivity index (χ2n) is 10.3. The number of hydrazone groups is 1. The van der Waals surface area contributed by atoms with E-state index in [1.54, 1.807) is 25.1 Å². The van der Waals surface area contributed by atoms with Gasteiger partial charge in [-0.25, -0.2) is 9.80 Å². The van der Waals surface area contributed by atoms with Gasteiger partial charge in [0.15, 0.2) is 0 Å². The Morgan fingerprint density at radius 2 is 1.29 bits per heavy atom. The van der Waals surface area contributed by atoms with Crippen LogP contribution in [-0.2, 0) is 14.3 Å². The first kappa shape index (κ1) is 46.6. The van der Waals surface area contributed by atoms with Crippen molar-refractivity contribution >= 4 is 93.5 Å². The third-order valence-electron chi connectivity index (χ3n) is 6.24. The predicted molar refractivity (Wildman–Crippen MR) is 200 cm³/mol. The van der Waals surface area contributed by atoms with E-state index in [9.17, 15) is 41.0 Å². The molecule has 0 fully saturated rings. The van der Waals surface area contributed by atoms with Crippen LogP contribution in [0.15, 0.2) is 96.1 Å². The van der Waals surface area contributed by atoms with Gasteiger partial charge in [-0.15, -0.1) is 38.7 Å². The van der Waals surface area contributed by atoms with Crippen molar-refractivity contribution in [2.45, 2.75) is 26.1 Å². The molecule has 0 saturated carbocycles. The van der Waals surface area contributed by atoms with E-state index in [0.29, 0.717) is 48.3 Å². The predicted octanol–water partition coefficient (Wildman–Crippen LogP) is 10.8. The molecule has 10 nitrogen and oxygen atoms in total. The van der Waals surface area contributed by atoms with Gasteiger partial charge in [0, 0.05) is 36.9 Å². The van der Waals surface area contributed by atoms with Crippen molar-refractivity contribution in [2.24, 2.45) is 10.9 Å². The molecule has 0 aromatic heterocycles. The summed E-state index contributed by atoms with van der Waals surface area (Å²) in [5.74, 6) is 3.19. The van der Waals surface area contributed by atoms with Crippen LogP contribution in [0.5, 0.6) is 11.5 Å². The van der Waals surface area contributed by atoms with Crippen LogP contribution in [0, 0.1) is 0 Å². The number of rotatable bonds is 8. The van der Waals surface area contributed by atoms with Gasteiger partial charge in [-0.1, -0.05) is 46.4 Å². The summed E-state index contributed by atoms with van der Waals surface area (Å²) in [4.78, 5) is 23.2. The number of aliphatic hydroxyl groups is 1. The van der Waals surface area contributed by atoms with Crippen LogP contribution in [0.4, 0.5) is 37.7 Å². The van der Waals surface area contributed by atoms with Crippen molar-refractivity contribution in [1.29, 1.82) is 0 Å². The molecule has 4 N–H and O–H groups in total. The minimum Gasteiger partial charge on any atom is -0.507 e. The van der Waals surface area contributed by atoms with Crippen LogP contribution in [0.3, 0.4) is 0 Å². The number of ether oxygens (including phenoxy) is 3. The monoisotopic (exact) mass is 876 g/mol. The van der Waals surface area contributed by atoms with Gasteiger partial charge in [-0.2, -0.15) is 5.10 Å². The van der Waals surface area contributed by atoms with Gasteiger partial charge in [0.05, 0.1) is 30.5 Å². The number of carbonyl (C=O) groups excluding carboxylic acids is 2. The summed E-state index contributed by atoms with van der Waals surface area (Å²) in [6.07, 6.45) is -8.43. The van der Waals surface area contributed by atoms with E-state index >= 15 is 0 Å². The zero-order chi connectivity index (χ0) is 40.2. The maximum atomic E-state index is 12.2. The number of nitrogens with two attached hydrogens (primary N) is 1. The Morgan fingerprint density at radius 3 is 1.73 bits per heavy atom. The molecule has 5 rings (SSSR count). The molecule has 4 aromatic rings. The maximum Gasteiger partial charge on any atom is 0.573 e. The fourth-order valence-electron chi connectivity index (χ4n) is 4.13. The van der Waals surface area contributed by atoms with Crippen molar-refractivity contribution in [3.63, 3.8) is 0 Å². The number of halogens is 11. The number of hydrogen-bond donors (Lipinski definition) is 3. The number of amides is 1. The number of nitrogen functional groups attached to an aromatic ring is 1. The van der Waals surface area contributed by atoms with Crippen molar-refractivity contribution in [1.82, 2.24) is 0 Å². The number of benzene rings is 4. The summed E-state index contributed by atoms with van der Waals surface area (Å²) in [6.45, 7) is 1.93. The zero-order valence-corrected chi connectivity index (χ0v) is 31.6. The maximum absolute atomic E-state index is 12.2. The normalized spacial score (nSPS) is 12.6. The Balaban J connectivity index is 0.000000302. The average molecular weight is 879 g/mol. The van der Waals surface area contributed by atoms with Crippen molar-refractivity contribution in [3.8, 4) is 11.5 Å². The van der Waals surface area contributed by atoms with Gasteiger partial charge in [0.2, 0.25) is 0 Å². The highest BCUT2D eigenvalue weighted by atomic mass is 35.5. The first-order valence-electron chi connectivity index (χ1n) is 14.8. The number of nitrogens with one attached hydrogen (secondary N) is 1. The summed E-state index contributed by atoms with van der Waals surface area (Å²) < 4.78 is 83.6. The number of esters is 1. The van der Waals surface area contributed by atoms with Gasteiger partial charge in [-0.3, -0.25) is 10.6 Å². The molecule has 0 unspecified atom stereocenters. The lowest BCUT2D eigenvalue weighted by atomic mass is 10.1. The first-order valence-corrected chi connectivity index (χ1v) is 16.4. The van der Waals surface area contributed by atoms with E-state index in [4.69, 9.17) is 52.2 Å². The van der Waals surface area contributed by atoms with E-state index < -0.39 is 18.7 Å². The Labute approximate surface area is 335 Å².